The fraction of sp³-hybridized carbons (Fsp3) is 0.632. The molecule has 1 atom stereocenters. The molecule has 1 unspecified atom stereocenters. The first-order valence-corrected chi connectivity index (χ1v) is 8.91. The topological polar surface area (TPSA) is 26.3 Å². The first kappa shape index (κ1) is 21.0. The van der Waals surface area contributed by atoms with Crippen LogP contribution in [-0.2, 0) is 11.2 Å². The number of rotatable bonds is 8. The van der Waals surface area contributed by atoms with Gasteiger partial charge in [-0.2, -0.15) is 0 Å². The second kappa shape index (κ2) is 12.5. The van der Waals surface area contributed by atoms with Crippen molar-refractivity contribution in [1.82, 2.24) is 0 Å². The van der Waals surface area contributed by atoms with E-state index in [2.05, 4.69) is 13.8 Å². The zero-order valence-electron chi connectivity index (χ0n) is 14.7. The molecule has 22 heavy (non-hydrogen) atoms. The minimum absolute atomic E-state index is 0.346. The summed E-state index contributed by atoms with van der Waals surface area (Å²) in [5.74, 6) is 0.464. The van der Waals surface area contributed by atoms with Crippen molar-refractivity contribution < 1.29 is 9.53 Å². The third-order valence-electron chi connectivity index (χ3n) is 3.64. The molecule has 3 heteroatoms. The lowest BCUT2D eigenvalue weighted by Crippen LogP contribution is -2.05. The lowest BCUT2D eigenvalue weighted by Gasteiger charge is -2.09. The Morgan fingerprint density at radius 3 is 2.45 bits per heavy atom. The van der Waals surface area contributed by atoms with Gasteiger partial charge in [0.1, 0.15) is 0 Å². The highest BCUT2D eigenvalue weighted by Gasteiger charge is 2.11. The number of ether oxygens (including phenoxy) is 1. The summed E-state index contributed by atoms with van der Waals surface area (Å²) < 4.78 is 4.96. The number of benzene rings is 1. The number of hydrogen-bond donors (Lipinski definition) is 0. The summed E-state index contributed by atoms with van der Waals surface area (Å²) in [4.78, 5) is 11.6. The second-order valence-electron chi connectivity index (χ2n) is 5.29. The summed E-state index contributed by atoms with van der Waals surface area (Å²) in [7, 11) is 0. The zero-order valence-corrected chi connectivity index (χ0v) is 15.5. The Labute approximate surface area is 141 Å². The first-order valence-electron chi connectivity index (χ1n) is 8.54. The van der Waals surface area contributed by atoms with Crippen molar-refractivity contribution in [3.8, 4) is 0 Å². The summed E-state index contributed by atoms with van der Waals surface area (Å²) in [5, 5.41) is 0.489. The molecule has 0 fully saturated rings. The average molecular weight is 327 g/mol. The van der Waals surface area contributed by atoms with Crippen LogP contribution in [0.2, 0.25) is 5.02 Å². The lowest BCUT2D eigenvalue weighted by atomic mass is 9.99. The van der Waals surface area contributed by atoms with E-state index in [1.54, 1.807) is 13.0 Å². The lowest BCUT2D eigenvalue weighted by molar-refractivity contribution is 0.0526. The number of aryl methyl sites for hydroxylation is 1. The highest BCUT2D eigenvalue weighted by Crippen LogP contribution is 2.21. The number of carbonyl (C=O) groups is 1. The molecule has 0 saturated carbocycles. The molecule has 2 nitrogen and oxygen atoms in total. The molecule has 0 aromatic heterocycles. The molecule has 0 radical (unpaired) electrons. The summed E-state index contributed by atoms with van der Waals surface area (Å²) in [6.07, 6.45) is 5.95. The Kier molecular flexibility index (Phi) is 11.9. The summed E-state index contributed by atoms with van der Waals surface area (Å²) in [6.45, 7) is 10.7. The number of unbranched alkanes of at least 4 members (excludes halogenated alkanes) is 1. The van der Waals surface area contributed by atoms with Crippen LogP contribution in [0.25, 0.3) is 0 Å². The molecule has 126 valence electrons. The molecule has 0 aliphatic heterocycles. The van der Waals surface area contributed by atoms with E-state index >= 15 is 0 Å². The van der Waals surface area contributed by atoms with Gasteiger partial charge in [0, 0.05) is 0 Å². The van der Waals surface area contributed by atoms with Crippen LogP contribution >= 0.6 is 11.6 Å². The largest absolute Gasteiger partial charge is 0.462 e. The molecule has 0 heterocycles. The van der Waals surface area contributed by atoms with Crippen molar-refractivity contribution in [2.75, 3.05) is 6.61 Å². The third kappa shape index (κ3) is 7.84. The normalized spacial score (nSPS) is 11.4. The SMILES string of the molecule is CC.CCOC(=O)c1ccc(CCCCC(C)CC)cc1Cl. The van der Waals surface area contributed by atoms with Crippen molar-refractivity contribution in [2.45, 2.75) is 66.7 Å². The van der Waals surface area contributed by atoms with Gasteiger partial charge in [0.2, 0.25) is 0 Å². The number of hydrogen-bond acceptors (Lipinski definition) is 2. The van der Waals surface area contributed by atoms with E-state index in [9.17, 15) is 4.79 Å². The molecular formula is C19H31ClO2. The molecule has 0 spiro atoms. The second-order valence-corrected chi connectivity index (χ2v) is 5.70. The maximum absolute atomic E-state index is 11.6. The van der Waals surface area contributed by atoms with Crippen LogP contribution in [0.1, 0.15) is 76.2 Å². The van der Waals surface area contributed by atoms with Crippen LogP contribution in [0.3, 0.4) is 0 Å². The maximum Gasteiger partial charge on any atom is 0.339 e. The van der Waals surface area contributed by atoms with Gasteiger partial charge in [-0.05, 0) is 43.4 Å². The summed E-state index contributed by atoms with van der Waals surface area (Å²) in [5.41, 5.74) is 1.64. The minimum atomic E-state index is -0.346. The minimum Gasteiger partial charge on any atom is -0.462 e. The molecule has 1 aromatic rings. The van der Waals surface area contributed by atoms with Crippen LogP contribution in [0.5, 0.6) is 0 Å². The van der Waals surface area contributed by atoms with Gasteiger partial charge in [-0.15, -0.1) is 0 Å². The third-order valence-corrected chi connectivity index (χ3v) is 3.95. The molecule has 0 bridgehead atoms. The standard InChI is InChI=1S/C17H25ClO2.C2H6/c1-4-13(3)8-6-7-9-14-10-11-15(16(18)12-14)17(19)20-5-2;1-2/h10-13H,4-9H2,1-3H3;1-2H3. The van der Waals surface area contributed by atoms with E-state index in [4.69, 9.17) is 16.3 Å². The Morgan fingerprint density at radius 2 is 1.91 bits per heavy atom. The van der Waals surface area contributed by atoms with Gasteiger partial charge >= 0.3 is 5.97 Å². The zero-order chi connectivity index (χ0) is 17.0. The highest BCUT2D eigenvalue weighted by molar-refractivity contribution is 6.33. The smallest absolute Gasteiger partial charge is 0.339 e. The van der Waals surface area contributed by atoms with Crippen LogP contribution in [0.4, 0.5) is 0 Å². The fourth-order valence-electron chi connectivity index (χ4n) is 2.11. The van der Waals surface area contributed by atoms with Gasteiger partial charge in [-0.1, -0.05) is 64.6 Å². The molecule has 0 aliphatic rings. The maximum atomic E-state index is 11.6. The van der Waals surface area contributed by atoms with Gasteiger partial charge < -0.3 is 4.74 Å². The monoisotopic (exact) mass is 326 g/mol. The molecule has 0 N–H and O–H groups in total. The van der Waals surface area contributed by atoms with Crippen molar-refractivity contribution in [1.29, 1.82) is 0 Å². The molecule has 0 saturated heterocycles. The number of esters is 1. The number of carbonyl (C=O) groups excluding carboxylic acids is 1. The van der Waals surface area contributed by atoms with Gasteiger partial charge in [-0.25, -0.2) is 4.79 Å². The van der Waals surface area contributed by atoms with Crippen LogP contribution in [0.15, 0.2) is 18.2 Å². The molecule has 1 rings (SSSR count). The predicted molar refractivity (Wildman–Crippen MR) is 95.8 cm³/mol. The van der Waals surface area contributed by atoms with Crippen molar-refractivity contribution in [2.24, 2.45) is 5.92 Å². The molecular weight excluding hydrogens is 296 g/mol. The Bertz CT molecular complexity index is 429. The highest BCUT2D eigenvalue weighted by atomic mass is 35.5. The van der Waals surface area contributed by atoms with E-state index in [1.807, 2.05) is 26.0 Å². The summed E-state index contributed by atoms with van der Waals surface area (Å²) in [6, 6.07) is 5.63. The van der Waals surface area contributed by atoms with Crippen molar-refractivity contribution in [3.63, 3.8) is 0 Å². The van der Waals surface area contributed by atoms with Crippen LogP contribution < -0.4 is 0 Å². The van der Waals surface area contributed by atoms with Gasteiger partial charge in [0.05, 0.1) is 17.2 Å². The van der Waals surface area contributed by atoms with Crippen LogP contribution in [0, 0.1) is 5.92 Å². The van der Waals surface area contributed by atoms with E-state index in [-0.39, 0.29) is 5.97 Å². The molecule has 0 amide bonds. The summed E-state index contributed by atoms with van der Waals surface area (Å²) >= 11 is 6.14. The first-order chi connectivity index (χ1) is 10.6. The van der Waals surface area contributed by atoms with E-state index in [1.165, 1.54) is 31.2 Å². The molecule has 0 aliphatic carbocycles. The molecule has 1 aromatic carbocycles. The number of halogens is 1. The van der Waals surface area contributed by atoms with Crippen molar-refractivity contribution >= 4 is 17.6 Å². The van der Waals surface area contributed by atoms with Crippen LogP contribution in [-0.4, -0.2) is 12.6 Å². The quantitative estimate of drug-likeness (QED) is 0.414. The van der Waals surface area contributed by atoms with E-state index in [0.29, 0.717) is 17.2 Å². The van der Waals surface area contributed by atoms with Gasteiger partial charge in [0.25, 0.3) is 0 Å². The Hall–Kier alpha value is -1.02. The predicted octanol–water partition coefficient (Wildman–Crippen LogP) is 6.30. The van der Waals surface area contributed by atoms with Gasteiger partial charge in [-0.3, -0.25) is 0 Å². The Morgan fingerprint density at radius 1 is 1.23 bits per heavy atom. The average Bonchev–Trinajstić information content (AvgIpc) is 2.53. The van der Waals surface area contributed by atoms with E-state index in [0.717, 1.165) is 12.3 Å². The van der Waals surface area contributed by atoms with E-state index < -0.39 is 0 Å². The Balaban J connectivity index is 0.00000211. The van der Waals surface area contributed by atoms with Crippen molar-refractivity contribution in [3.05, 3.63) is 34.3 Å². The van der Waals surface area contributed by atoms with Gasteiger partial charge in [0.15, 0.2) is 0 Å². The fourth-order valence-corrected chi connectivity index (χ4v) is 2.39.